The zero-order valence-corrected chi connectivity index (χ0v) is 9.94. The smallest absolute Gasteiger partial charge is 0.105 e. The number of rotatable bonds is 3. The molecule has 78 valence electrons. The molecule has 4 nitrogen and oxygen atoms in total. The lowest BCUT2D eigenvalue weighted by Gasteiger charge is -2.17. The van der Waals surface area contributed by atoms with Gasteiger partial charge in [-0.2, -0.15) is 0 Å². The molecule has 1 fully saturated rings. The van der Waals surface area contributed by atoms with E-state index in [1.54, 1.807) is 0 Å². The molecule has 1 aliphatic carbocycles. The van der Waals surface area contributed by atoms with Crippen molar-refractivity contribution in [3.05, 3.63) is 10.4 Å². The minimum atomic E-state index is -1.99. The van der Waals surface area contributed by atoms with Crippen molar-refractivity contribution in [3.8, 4) is 0 Å². The molecule has 0 saturated heterocycles. The Morgan fingerprint density at radius 2 is 2.21 bits per heavy atom. The van der Waals surface area contributed by atoms with Gasteiger partial charge in [0.15, 0.2) is 0 Å². The summed E-state index contributed by atoms with van der Waals surface area (Å²) in [4.78, 5) is 2.87. The van der Waals surface area contributed by atoms with Gasteiger partial charge in [0.05, 0.1) is 7.14 Å². The molecule has 0 bridgehead atoms. The molecule has 1 saturated carbocycles. The Morgan fingerprint density at radius 3 is 2.71 bits per heavy atom. The number of azide groups is 1. The van der Waals surface area contributed by atoms with Crippen LogP contribution in [0.2, 0.25) is 5.82 Å². The average molecular weight is 213 g/mol. The molecule has 0 N–H and O–H groups in total. The van der Waals surface area contributed by atoms with Crippen LogP contribution in [0.15, 0.2) is 5.11 Å². The summed E-state index contributed by atoms with van der Waals surface area (Å²) in [7, 11) is 0.177. The monoisotopic (exact) mass is 213 g/mol. The predicted octanol–water partition coefficient (Wildman–Crippen LogP) is 2.12. The van der Waals surface area contributed by atoms with Gasteiger partial charge in [0.1, 0.15) is 7.85 Å². The lowest BCUT2D eigenvalue weighted by Crippen LogP contribution is -2.14. The second-order valence-corrected chi connectivity index (χ2v) is 8.38. The third-order valence-electron chi connectivity index (χ3n) is 2.77. The van der Waals surface area contributed by atoms with Crippen LogP contribution in [0.5, 0.6) is 0 Å². The summed E-state index contributed by atoms with van der Waals surface area (Å²) in [5.41, 5.74) is 8.42. The first-order valence-electron chi connectivity index (χ1n) is 5.00. The van der Waals surface area contributed by atoms with E-state index in [1.807, 2.05) is 13.3 Å². The van der Waals surface area contributed by atoms with E-state index in [0.29, 0.717) is 11.7 Å². The first-order chi connectivity index (χ1) is 6.42. The zero-order valence-electron chi connectivity index (χ0n) is 9.05. The minimum Gasteiger partial charge on any atom is -0.324 e. The molecule has 0 aromatic carbocycles. The highest BCUT2D eigenvalue weighted by Gasteiger charge is 2.33. The molecule has 0 radical (unpaired) electrons. The van der Waals surface area contributed by atoms with Crippen LogP contribution in [0, 0.1) is 5.92 Å². The van der Waals surface area contributed by atoms with E-state index in [4.69, 9.17) is 5.53 Å². The van der Waals surface area contributed by atoms with Crippen LogP contribution < -0.4 is 0 Å². The summed E-state index contributed by atoms with van der Waals surface area (Å²) >= 11 is 0. The van der Waals surface area contributed by atoms with Crippen molar-refractivity contribution < 1.29 is 4.57 Å². The lowest BCUT2D eigenvalue weighted by molar-refractivity contribution is 0.513. The van der Waals surface area contributed by atoms with Gasteiger partial charge in [-0.05, 0) is 31.2 Å². The molecule has 14 heavy (non-hydrogen) atoms. The molecule has 6 heteroatoms. The molecule has 0 spiro atoms. The second kappa shape index (κ2) is 4.42. The molecule has 0 aromatic rings. The fraction of sp³-hybridized carbons (Fsp3) is 1.00. The van der Waals surface area contributed by atoms with E-state index < -0.39 is 7.14 Å². The van der Waals surface area contributed by atoms with Gasteiger partial charge in [0.2, 0.25) is 0 Å². The van der Waals surface area contributed by atoms with Crippen molar-refractivity contribution >= 4 is 15.0 Å². The Kier molecular flexibility index (Phi) is 3.68. The summed E-state index contributed by atoms with van der Waals surface area (Å²) in [6.07, 6.45) is 2.73. The second-order valence-electron chi connectivity index (χ2n) is 4.87. The molecule has 3 atom stereocenters. The fourth-order valence-electron chi connectivity index (χ4n) is 2.34. The van der Waals surface area contributed by atoms with Crippen LogP contribution in [-0.4, -0.2) is 33.4 Å². The quantitative estimate of drug-likeness (QED) is 0.233. The van der Waals surface area contributed by atoms with Crippen LogP contribution in [0.25, 0.3) is 10.4 Å². The maximum Gasteiger partial charge on any atom is 0.105 e. The van der Waals surface area contributed by atoms with Crippen molar-refractivity contribution in [1.29, 1.82) is 0 Å². The van der Waals surface area contributed by atoms with E-state index >= 15 is 0 Å². The highest BCUT2D eigenvalue weighted by Crippen LogP contribution is 2.46. The first-order valence-corrected chi connectivity index (χ1v) is 7.79. The first kappa shape index (κ1) is 11.7. The van der Waals surface area contributed by atoms with E-state index in [2.05, 4.69) is 17.9 Å². The van der Waals surface area contributed by atoms with E-state index in [0.717, 1.165) is 19.0 Å². The van der Waals surface area contributed by atoms with E-state index in [9.17, 15) is 4.57 Å². The van der Waals surface area contributed by atoms with Crippen molar-refractivity contribution in [2.45, 2.75) is 24.7 Å². The molecular formula is C8H17BN3OP. The number of nitrogens with zero attached hydrogens (tertiary/aromatic N) is 3. The Morgan fingerprint density at radius 1 is 1.57 bits per heavy atom. The van der Waals surface area contributed by atoms with Crippen LogP contribution in [0.1, 0.15) is 12.8 Å². The Balaban J connectivity index is 2.67. The number of hydrogen-bond donors (Lipinski definition) is 0. The average Bonchev–Trinajstić information content (AvgIpc) is 2.28. The summed E-state index contributed by atoms with van der Waals surface area (Å²) in [5, 5.41) is 3.80. The fourth-order valence-corrected chi connectivity index (χ4v) is 3.87. The van der Waals surface area contributed by atoms with Gasteiger partial charge in [-0.1, -0.05) is 17.4 Å². The molecule has 1 rings (SSSR count). The van der Waals surface area contributed by atoms with Gasteiger partial charge in [-0.15, -0.1) is 0 Å². The molecule has 1 aliphatic rings. The van der Waals surface area contributed by atoms with Gasteiger partial charge in [-0.3, -0.25) is 0 Å². The molecular weight excluding hydrogens is 196 g/mol. The van der Waals surface area contributed by atoms with Crippen LogP contribution in [-0.2, 0) is 4.57 Å². The SMILES string of the molecule is BC1CC(CP(C)(C)=O)C(N=[N+]=[N-])C1. The van der Waals surface area contributed by atoms with Gasteiger partial charge >= 0.3 is 0 Å². The van der Waals surface area contributed by atoms with E-state index in [-0.39, 0.29) is 6.04 Å². The van der Waals surface area contributed by atoms with Gasteiger partial charge < -0.3 is 4.57 Å². The maximum absolute atomic E-state index is 11.7. The summed E-state index contributed by atoms with van der Waals surface area (Å²) < 4.78 is 11.7. The molecule has 0 heterocycles. The predicted molar refractivity (Wildman–Crippen MR) is 62.3 cm³/mol. The third-order valence-corrected chi connectivity index (χ3v) is 4.12. The van der Waals surface area contributed by atoms with E-state index in [1.165, 1.54) is 0 Å². The summed E-state index contributed by atoms with van der Waals surface area (Å²) in [6.45, 7) is 3.62. The Bertz CT molecular complexity index is 297. The summed E-state index contributed by atoms with van der Waals surface area (Å²) in [5.74, 6) is 0.934. The van der Waals surface area contributed by atoms with Crippen molar-refractivity contribution in [2.24, 2.45) is 11.0 Å². The molecule has 3 unspecified atom stereocenters. The van der Waals surface area contributed by atoms with Crippen molar-refractivity contribution in [2.75, 3.05) is 19.5 Å². The molecule has 0 aromatic heterocycles. The normalized spacial score (nSPS) is 32.6. The van der Waals surface area contributed by atoms with Crippen molar-refractivity contribution in [3.63, 3.8) is 0 Å². The van der Waals surface area contributed by atoms with Gasteiger partial charge in [0.25, 0.3) is 0 Å². The van der Waals surface area contributed by atoms with Crippen LogP contribution in [0.4, 0.5) is 0 Å². The largest absolute Gasteiger partial charge is 0.324 e. The Hall–Kier alpha value is -0.395. The Labute approximate surface area is 85.9 Å². The maximum atomic E-state index is 11.7. The molecule has 0 aliphatic heterocycles. The standard InChI is InChI=1S/C8H17BN3OP/c1-14(2,13)5-6-3-7(9)4-8(6)11-12-10/h6-8H,3-5,9H2,1-2H3. The number of hydrogen-bond acceptors (Lipinski definition) is 2. The third kappa shape index (κ3) is 3.40. The van der Waals surface area contributed by atoms with Crippen LogP contribution in [0.3, 0.4) is 0 Å². The molecule has 0 amide bonds. The minimum absolute atomic E-state index is 0.0724. The van der Waals surface area contributed by atoms with Crippen LogP contribution >= 0.6 is 7.14 Å². The highest BCUT2D eigenvalue weighted by molar-refractivity contribution is 7.62. The lowest BCUT2D eigenvalue weighted by atomic mass is 9.85. The zero-order chi connectivity index (χ0) is 10.8. The summed E-state index contributed by atoms with van der Waals surface area (Å²) in [6, 6.07) is 0.0724. The topological polar surface area (TPSA) is 65.8 Å². The van der Waals surface area contributed by atoms with Gasteiger partial charge in [-0.25, -0.2) is 0 Å². The highest BCUT2D eigenvalue weighted by atomic mass is 31.2. The van der Waals surface area contributed by atoms with Crippen molar-refractivity contribution in [1.82, 2.24) is 0 Å². The van der Waals surface area contributed by atoms with Gasteiger partial charge in [0, 0.05) is 17.1 Å².